The average molecular weight is 294 g/mol. The number of ether oxygens (including phenoxy) is 1. The van der Waals surface area contributed by atoms with Crippen LogP contribution < -0.4 is 5.32 Å². The van der Waals surface area contributed by atoms with Crippen molar-refractivity contribution in [3.63, 3.8) is 0 Å². The molecule has 0 atom stereocenters. The molecule has 0 fully saturated rings. The zero-order valence-corrected chi connectivity index (χ0v) is 12.1. The number of carbonyl (C=O) groups is 1. The number of aryl methyl sites for hydroxylation is 1. The van der Waals surface area contributed by atoms with Gasteiger partial charge in [0.15, 0.2) is 0 Å². The maximum absolute atomic E-state index is 13.7. The third kappa shape index (κ3) is 3.61. The molecule has 20 heavy (non-hydrogen) atoms. The number of thiazole rings is 1. The van der Waals surface area contributed by atoms with Crippen molar-refractivity contribution < 1.29 is 13.9 Å². The summed E-state index contributed by atoms with van der Waals surface area (Å²) in [5.74, 6) is -1.24. The van der Waals surface area contributed by atoms with Gasteiger partial charge in [0.2, 0.25) is 0 Å². The van der Waals surface area contributed by atoms with Crippen LogP contribution in [0.4, 0.5) is 4.39 Å². The van der Waals surface area contributed by atoms with E-state index in [2.05, 4.69) is 15.0 Å². The fourth-order valence-corrected chi connectivity index (χ4v) is 2.38. The maximum atomic E-state index is 13.7. The number of hydrogen-bond acceptors (Lipinski definition) is 5. The number of hydrogen-bond donors (Lipinski definition) is 1. The van der Waals surface area contributed by atoms with E-state index in [-0.39, 0.29) is 5.56 Å². The fourth-order valence-electron chi connectivity index (χ4n) is 1.77. The topological polar surface area (TPSA) is 51.2 Å². The smallest absolute Gasteiger partial charge is 0.340 e. The van der Waals surface area contributed by atoms with Crippen molar-refractivity contribution in [3.8, 4) is 0 Å². The Balaban J connectivity index is 1.93. The van der Waals surface area contributed by atoms with Crippen molar-refractivity contribution in [1.29, 1.82) is 0 Å². The van der Waals surface area contributed by atoms with Gasteiger partial charge >= 0.3 is 5.97 Å². The predicted molar refractivity (Wildman–Crippen MR) is 75.1 cm³/mol. The normalized spacial score (nSPS) is 10.6. The highest BCUT2D eigenvalue weighted by molar-refractivity contribution is 7.09. The lowest BCUT2D eigenvalue weighted by Gasteiger charge is -2.06. The van der Waals surface area contributed by atoms with Gasteiger partial charge in [-0.2, -0.15) is 0 Å². The fraction of sp³-hybridized carbons (Fsp3) is 0.286. The maximum Gasteiger partial charge on any atom is 0.340 e. The Labute approximate surface area is 120 Å². The van der Waals surface area contributed by atoms with Crippen LogP contribution in [0.15, 0.2) is 23.6 Å². The lowest BCUT2D eigenvalue weighted by molar-refractivity contribution is 0.0595. The molecule has 0 aliphatic heterocycles. The van der Waals surface area contributed by atoms with Crippen LogP contribution in [-0.4, -0.2) is 18.1 Å². The molecule has 6 heteroatoms. The summed E-state index contributed by atoms with van der Waals surface area (Å²) in [5.41, 5.74) is 1.69. The van der Waals surface area contributed by atoms with Crippen molar-refractivity contribution >= 4 is 17.3 Å². The van der Waals surface area contributed by atoms with E-state index in [1.165, 1.54) is 19.2 Å². The number of esters is 1. The molecule has 2 aromatic rings. The van der Waals surface area contributed by atoms with Gasteiger partial charge in [-0.15, -0.1) is 11.3 Å². The number of aromatic nitrogens is 1. The summed E-state index contributed by atoms with van der Waals surface area (Å²) in [7, 11) is 1.23. The highest BCUT2D eigenvalue weighted by Crippen LogP contribution is 2.12. The molecule has 2 rings (SSSR count). The predicted octanol–water partition coefficient (Wildman–Crippen LogP) is 2.67. The van der Waals surface area contributed by atoms with Gasteiger partial charge in [0.1, 0.15) is 5.82 Å². The first-order valence-corrected chi connectivity index (χ1v) is 6.96. The summed E-state index contributed by atoms with van der Waals surface area (Å²) >= 11 is 1.60. The average Bonchev–Trinajstić information content (AvgIpc) is 2.84. The Bertz CT molecular complexity index is 613. The van der Waals surface area contributed by atoms with E-state index < -0.39 is 11.8 Å². The Morgan fingerprint density at radius 2 is 2.25 bits per heavy atom. The minimum absolute atomic E-state index is 0.0497. The quantitative estimate of drug-likeness (QED) is 0.861. The third-order valence-electron chi connectivity index (χ3n) is 2.74. The molecule has 0 saturated heterocycles. The molecule has 0 aliphatic rings. The Morgan fingerprint density at radius 1 is 1.45 bits per heavy atom. The number of carbonyl (C=O) groups excluding carboxylic acids is 1. The summed E-state index contributed by atoms with van der Waals surface area (Å²) in [5, 5.41) is 6.20. The van der Waals surface area contributed by atoms with E-state index in [0.29, 0.717) is 13.1 Å². The largest absolute Gasteiger partial charge is 0.465 e. The van der Waals surface area contributed by atoms with Crippen LogP contribution in [0.5, 0.6) is 0 Å². The van der Waals surface area contributed by atoms with Gasteiger partial charge in [0.25, 0.3) is 0 Å². The van der Waals surface area contributed by atoms with Crippen molar-refractivity contribution in [1.82, 2.24) is 10.3 Å². The van der Waals surface area contributed by atoms with Gasteiger partial charge in [-0.25, -0.2) is 14.2 Å². The lowest BCUT2D eigenvalue weighted by Crippen LogP contribution is -2.13. The molecule has 0 amide bonds. The van der Waals surface area contributed by atoms with Crippen molar-refractivity contribution in [3.05, 3.63) is 51.2 Å². The molecule has 1 aromatic carbocycles. The van der Waals surface area contributed by atoms with Crippen molar-refractivity contribution in [2.75, 3.05) is 7.11 Å². The van der Waals surface area contributed by atoms with Crippen LogP contribution in [0, 0.1) is 12.7 Å². The number of methoxy groups -OCH3 is 1. The van der Waals surface area contributed by atoms with Gasteiger partial charge in [0.05, 0.1) is 23.4 Å². The Kier molecular flexibility index (Phi) is 4.81. The molecule has 0 bridgehead atoms. The van der Waals surface area contributed by atoms with Crippen LogP contribution in [0.1, 0.15) is 26.6 Å². The van der Waals surface area contributed by atoms with E-state index in [1.807, 2.05) is 12.3 Å². The second kappa shape index (κ2) is 6.58. The second-order valence-electron chi connectivity index (χ2n) is 4.27. The molecular formula is C14H15FN2O2S. The molecule has 0 spiro atoms. The Hall–Kier alpha value is -1.79. The molecule has 0 radical (unpaired) electrons. The Morgan fingerprint density at radius 3 is 2.85 bits per heavy atom. The van der Waals surface area contributed by atoms with Gasteiger partial charge in [-0.1, -0.05) is 6.07 Å². The summed E-state index contributed by atoms with van der Waals surface area (Å²) < 4.78 is 18.2. The number of nitrogens with one attached hydrogen (secondary N) is 1. The first-order chi connectivity index (χ1) is 9.60. The van der Waals surface area contributed by atoms with Crippen molar-refractivity contribution in [2.45, 2.75) is 20.0 Å². The van der Waals surface area contributed by atoms with E-state index in [9.17, 15) is 9.18 Å². The molecule has 1 aromatic heterocycles. The zero-order chi connectivity index (χ0) is 14.5. The summed E-state index contributed by atoms with van der Waals surface area (Å²) in [6, 6.07) is 4.48. The standard InChI is InChI=1S/C14H15FN2O2S/c1-9-17-11(8-20-9)7-16-6-10-3-4-12(13(15)5-10)14(18)19-2/h3-5,8,16H,6-7H2,1-2H3. The first-order valence-electron chi connectivity index (χ1n) is 6.08. The van der Waals surface area contributed by atoms with Gasteiger partial charge in [-0.05, 0) is 24.6 Å². The van der Waals surface area contributed by atoms with E-state index in [0.717, 1.165) is 16.3 Å². The first kappa shape index (κ1) is 14.6. The van der Waals surface area contributed by atoms with Gasteiger partial charge in [-0.3, -0.25) is 0 Å². The van der Waals surface area contributed by atoms with Gasteiger partial charge < -0.3 is 10.1 Å². The number of nitrogens with zero attached hydrogens (tertiary/aromatic N) is 1. The highest BCUT2D eigenvalue weighted by atomic mass is 32.1. The lowest BCUT2D eigenvalue weighted by atomic mass is 10.1. The van der Waals surface area contributed by atoms with Crippen molar-refractivity contribution in [2.24, 2.45) is 0 Å². The molecule has 106 valence electrons. The summed E-state index contributed by atoms with van der Waals surface area (Å²) in [4.78, 5) is 15.6. The van der Waals surface area contributed by atoms with Gasteiger partial charge in [0, 0.05) is 18.5 Å². The zero-order valence-electron chi connectivity index (χ0n) is 11.3. The minimum atomic E-state index is -0.667. The summed E-state index contributed by atoms with van der Waals surface area (Å²) in [6.45, 7) is 3.09. The van der Waals surface area contributed by atoms with Crippen LogP contribution in [0.2, 0.25) is 0 Å². The minimum Gasteiger partial charge on any atom is -0.465 e. The monoisotopic (exact) mass is 294 g/mol. The van der Waals surface area contributed by atoms with E-state index in [4.69, 9.17) is 0 Å². The van der Waals surface area contributed by atoms with Crippen LogP contribution in [0.25, 0.3) is 0 Å². The molecule has 0 saturated carbocycles. The SMILES string of the molecule is COC(=O)c1ccc(CNCc2csc(C)n2)cc1F. The molecule has 1 N–H and O–H groups in total. The van der Waals surface area contributed by atoms with E-state index >= 15 is 0 Å². The van der Waals surface area contributed by atoms with Crippen LogP contribution in [0.3, 0.4) is 0 Å². The highest BCUT2D eigenvalue weighted by Gasteiger charge is 2.12. The number of rotatable bonds is 5. The van der Waals surface area contributed by atoms with E-state index in [1.54, 1.807) is 17.4 Å². The number of halogens is 1. The molecular weight excluding hydrogens is 279 g/mol. The third-order valence-corrected chi connectivity index (χ3v) is 3.56. The molecule has 0 aliphatic carbocycles. The molecule has 4 nitrogen and oxygen atoms in total. The summed E-state index contributed by atoms with van der Waals surface area (Å²) in [6.07, 6.45) is 0. The second-order valence-corrected chi connectivity index (χ2v) is 5.33. The van der Waals surface area contributed by atoms with Crippen LogP contribution >= 0.6 is 11.3 Å². The molecule has 0 unspecified atom stereocenters. The number of benzene rings is 1. The molecule has 1 heterocycles. The van der Waals surface area contributed by atoms with Crippen LogP contribution in [-0.2, 0) is 17.8 Å².